The number of thiazole rings is 1. The first-order valence-corrected chi connectivity index (χ1v) is 12.0. The van der Waals surface area contributed by atoms with Gasteiger partial charge in [0.1, 0.15) is 11.4 Å². The Morgan fingerprint density at radius 3 is 2.66 bits per heavy atom. The minimum absolute atomic E-state index is 0.0612. The lowest BCUT2D eigenvalue weighted by molar-refractivity contribution is 0.0638. The summed E-state index contributed by atoms with van der Waals surface area (Å²) in [4.78, 5) is 25.4. The van der Waals surface area contributed by atoms with Crippen LogP contribution in [0.4, 0.5) is 0 Å². The maximum Gasteiger partial charge on any atom is 0.290 e. The summed E-state index contributed by atoms with van der Waals surface area (Å²) in [5, 5.41) is 0. The number of carbonyl (C=O) groups is 1. The van der Waals surface area contributed by atoms with Gasteiger partial charge in [0.25, 0.3) is 5.91 Å². The van der Waals surface area contributed by atoms with Crippen LogP contribution in [0.5, 0.6) is 5.75 Å². The van der Waals surface area contributed by atoms with Gasteiger partial charge in [-0.3, -0.25) is 9.78 Å². The molecule has 0 saturated heterocycles. The minimum atomic E-state index is -0.293. The summed E-state index contributed by atoms with van der Waals surface area (Å²) in [5.74, 6) is 1.88. The lowest BCUT2D eigenvalue weighted by Gasteiger charge is -2.32. The van der Waals surface area contributed by atoms with Crippen LogP contribution in [0.3, 0.4) is 0 Å². The van der Waals surface area contributed by atoms with Crippen LogP contribution in [0.15, 0.2) is 23.8 Å². The normalized spacial score (nSPS) is 13.1. The van der Waals surface area contributed by atoms with Gasteiger partial charge in [-0.15, -0.1) is 11.3 Å². The van der Waals surface area contributed by atoms with Crippen molar-refractivity contribution in [3.63, 3.8) is 0 Å². The highest BCUT2D eigenvalue weighted by Crippen LogP contribution is 2.42. The number of aryl methyl sites for hydroxylation is 1. The average molecular weight is 453 g/mol. The second kappa shape index (κ2) is 8.35. The summed E-state index contributed by atoms with van der Waals surface area (Å²) in [6.07, 6.45) is 3.60. The highest BCUT2D eigenvalue weighted by atomic mass is 32.1. The van der Waals surface area contributed by atoms with Crippen LogP contribution in [0.1, 0.15) is 56.4 Å². The van der Waals surface area contributed by atoms with Gasteiger partial charge >= 0.3 is 0 Å². The molecule has 0 bridgehead atoms. The molecule has 1 aromatic carbocycles. The van der Waals surface area contributed by atoms with Crippen molar-refractivity contribution in [2.75, 3.05) is 14.2 Å². The molecule has 0 atom stereocenters. The number of imidazole rings is 1. The van der Waals surface area contributed by atoms with Gasteiger partial charge in [-0.25, -0.2) is 4.98 Å². The van der Waals surface area contributed by atoms with E-state index >= 15 is 0 Å². The van der Waals surface area contributed by atoms with Crippen LogP contribution in [-0.4, -0.2) is 45.0 Å². The molecule has 0 aliphatic carbocycles. The number of hydrogen-bond acceptors (Lipinski definition) is 5. The smallest absolute Gasteiger partial charge is 0.290 e. The fourth-order valence-electron chi connectivity index (χ4n) is 4.18. The molecule has 2 aromatic heterocycles. The SMILES string of the molecule is COc1cc2c(cc1CC(C)C)-c1c(-c3cncs3)nc(C(=O)N(C)C(C)(C)C)n1CC2. The molecular weight excluding hydrogens is 420 g/mol. The zero-order valence-corrected chi connectivity index (χ0v) is 20.8. The van der Waals surface area contributed by atoms with E-state index < -0.39 is 0 Å². The van der Waals surface area contributed by atoms with Crippen LogP contribution in [0, 0.1) is 5.92 Å². The first-order chi connectivity index (χ1) is 15.1. The van der Waals surface area contributed by atoms with E-state index in [0.717, 1.165) is 40.4 Å². The monoisotopic (exact) mass is 452 g/mol. The molecule has 6 nitrogen and oxygen atoms in total. The third-order valence-electron chi connectivity index (χ3n) is 6.13. The van der Waals surface area contributed by atoms with Crippen molar-refractivity contribution in [3.8, 4) is 27.6 Å². The first-order valence-electron chi connectivity index (χ1n) is 11.1. The van der Waals surface area contributed by atoms with Crippen molar-refractivity contribution < 1.29 is 9.53 Å². The van der Waals surface area contributed by atoms with Gasteiger partial charge in [0.05, 0.1) is 23.2 Å². The summed E-state index contributed by atoms with van der Waals surface area (Å²) in [6.45, 7) is 11.2. The van der Waals surface area contributed by atoms with Crippen LogP contribution in [-0.2, 0) is 19.4 Å². The van der Waals surface area contributed by atoms with Gasteiger partial charge in [-0.05, 0) is 62.8 Å². The van der Waals surface area contributed by atoms with Crippen molar-refractivity contribution in [1.82, 2.24) is 19.4 Å². The maximum atomic E-state index is 13.5. The van der Waals surface area contributed by atoms with E-state index in [1.54, 1.807) is 23.3 Å². The fraction of sp³-hybridized carbons (Fsp3) is 0.480. The number of rotatable bonds is 5. The molecule has 0 saturated carbocycles. The van der Waals surface area contributed by atoms with E-state index in [-0.39, 0.29) is 11.4 Å². The van der Waals surface area contributed by atoms with Crippen LogP contribution in [0.25, 0.3) is 21.8 Å². The van der Waals surface area contributed by atoms with Crippen molar-refractivity contribution in [3.05, 3.63) is 40.8 Å². The number of ether oxygens (including phenoxy) is 1. The van der Waals surface area contributed by atoms with E-state index in [1.165, 1.54) is 11.1 Å². The highest BCUT2D eigenvalue weighted by molar-refractivity contribution is 7.13. The second-order valence-corrected chi connectivity index (χ2v) is 10.7. The summed E-state index contributed by atoms with van der Waals surface area (Å²) in [6, 6.07) is 4.41. The predicted octanol–water partition coefficient (Wildman–Crippen LogP) is 5.31. The Hall–Kier alpha value is -2.67. The van der Waals surface area contributed by atoms with E-state index in [1.807, 2.05) is 39.5 Å². The van der Waals surface area contributed by atoms with E-state index in [4.69, 9.17) is 9.72 Å². The zero-order chi connectivity index (χ0) is 23.2. The molecular formula is C25H32N4O2S. The predicted molar refractivity (Wildman–Crippen MR) is 129 cm³/mol. The topological polar surface area (TPSA) is 60.3 Å². The molecule has 7 heteroatoms. The summed E-state index contributed by atoms with van der Waals surface area (Å²) in [7, 11) is 3.58. The van der Waals surface area contributed by atoms with E-state index in [0.29, 0.717) is 18.3 Å². The molecule has 0 N–H and O–H groups in total. The molecule has 0 spiro atoms. The Labute approximate surface area is 194 Å². The fourth-order valence-corrected chi connectivity index (χ4v) is 4.79. The van der Waals surface area contributed by atoms with Crippen molar-refractivity contribution in [1.29, 1.82) is 0 Å². The van der Waals surface area contributed by atoms with Crippen LogP contribution >= 0.6 is 11.3 Å². The number of fused-ring (bicyclic) bond motifs is 3. The molecule has 0 unspecified atom stereocenters. The Morgan fingerprint density at radius 1 is 1.31 bits per heavy atom. The number of benzene rings is 1. The second-order valence-electron chi connectivity index (χ2n) is 9.85. The minimum Gasteiger partial charge on any atom is -0.496 e. The maximum absolute atomic E-state index is 13.5. The van der Waals surface area contributed by atoms with Gasteiger partial charge in [-0.1, -0.05) is 13.8 Å². The quantitative estimate of drug-likeness (QED) is 0.527. The largest absolute Gasteiger partial charge is 0.496 e. The van der Waals surface area contributed by atoms with Crippen molar-refractivity contribution >= 4 is 17.2 Å². The average Bonchev–Trinajstić information content (AvgIpc) is 3.38. The number of amides is 1. The zero-order valence-electron chi connectivity index (χ0n) is 20.0. The number of hydrogen-bond donors (Lipinski definition) is 0. The Morgan fingerprint density at radius 2 is 2.06 bits per heavy atom. The molecule has 32 heavy (non-hydrogen) atoms. The lowest BCUT2D eigenvalue weighted by atomic mass is 9.91. The lowest BCUT2D eigenvalue weighted by Crippen LogP contribution is -2.43. The Kier molecular flexibility index (Phi) is 5.88. The standard InChI is InChI=1S/C25H32N4O2S/c1-15(2)10-17-11-18-16(12-19(17)31-7)8-9-29-22(18)21(20-13-26-14-32-20)27-23(29)24(30)28(6)25(3,4)5/h11-15H,8-10H2,1-7H3. The van der Waals surface area contributed by atoms with E-state index in [9.17, 15) is 4.79 Å². The first kappa shape index (κ1) is 22.5. The molecule has 3 aromatic rings. The molecule has 3 heterocycles. The number of aromatic nitrogens is 3. The molecule has 1 aliphatic rings. The molecule has 0 fully saturated rings. The van der Waals surface area contributed by atoms with Gasteiger partial charge in [0.15, 0.2) is 5.82 Å². The molecule has 1 amide bonds. The molecule has 4 rings (SSSR count). The molecule has 0 radical (unpaired) electrons. The Balaban J connectivity index is 1.94. The van der Waals surface area contributed by atoms with Crippen molar-refractivity contribution in [2.45, 2.75) is 59.5 Å². The van der Waals surface area contributed by atoms with E-state index in [2.05, 4.69) is 35.5 Å². The molecule has 1 aliphatic heterocycles. The van der Waals surface area contributed by atoms with Crippen molar-refractivity contribution in [2.24, 2.45) is 5.92 Å². The highest BCUT2D eigenvalue weighted by Gasteiger charge is 2.33. The number of carbonyl (C=O) groups excluding carboxylic acids is 1. The van der Waals surface area contributed by atoms with Crippen LogP contribution in [0.2, 0.25) is 0 Å². The Bertz CT molecular complexity index is 1140. The summed E-state index contributed by atoms with van der Waals surface area (Å²) >= 11 is 1.55. The van der Waals surface area contributed by atoms with Gasteiger partial charge < -0.3 is 14.2 Å². The third-order valence-corrected chi connectivity index (χ3v) is 6.91. The van der Waals surface area contributed by atoms with Gasteiger partial charge in [0, 0.05) is 30.9 Å². The van der Waals surface area contributed by atoms with Gasteiger partial charge in [-0.2, -0.15) is 0 Å². The number of methoxy groups -OCH3 is 1. The molecule has 170 valence electrons. The van der Waals surface area contributed by atoms with Crippen LogP contribution < -0.4 is 4.74 Å². The summed E-state index contributed by atoms with van der Waals surface area (Å²) in [5.41, 5.74) is 6.92. The van der Waals surface area contributed by atoms with Gasteiger partial charge in [0.2, 0.25) is 0 Å². The number of nitrogens with zero attached hydrogens (tertiary/aromatic N) is 4. The summed E-state index contributed by atoms with van der Waals surface area (Å²) < 4.78 is 7.83. The third kappa shape index (κ3) is 3.94.